The molecule has 0 bridgehead atoms. The number of benzene rings is 1. The van der Waals surface area contributed by atoms with Gasteiger partial charge in [-0.2, -0.15) is 0 Å². The second-order valence-electron chi connectivity index (χ2n) is 6.63. The number of hydrogen-bond acceptors (Lipinski definition) is 4. The largest absolute Gasteiger partial charge is 0.348 e. The number of Topliss-reactive ketones (excluding diaryl/α,β-unsaturated/α-hetero) is 1. The molecule has 0 fully saturated rings. The Kier molecular flexibility index (Phi) is 3.76. The number of imidazole rings is 1. The van der Waals surface area contributed by atoms with Crippen LogP contribution in [0.1, 0.15) is 29.8 Å². The summed E-state index contributed by atoms with van der Waals surface area (Å²) in [5.41, 5.74) is 6.84. The number of aromatic nitrogens is 4. The van der Waals surface area contributed by atoms with E-state index in [9.17, 15) is 4.79 Å². The van der Waals surface area contributed by atoms with Gasteiger partial charge in [0.15, 0.2) is 11.4 Å². The van der Waals surface area contributed by atoms with Crippen molar-refractivity contribution in [1.29, 1.82) is 0 Å². The lowest BCUT2D eigenvalue weighted by molar-refractivity contribution is 0.101. The summed E-state index contributed by atoms with van der Waals surface area (Å²) in [5.74, 6) is 0.945. The Bertz CT molecular complexity index is 1120. The standard InChI is InChI=1S/C20H21N5O/c1-5-16-17(14-8-6-13(7-9-14)12(2)26)23-19-18(16)25-15(10-21-19)11-22-20(25)24(3)4/h6-11,23H,5H2,1-4H3. The fourth-order valence-corrected chi connectivity index (χ4v) is 3.43. The van der Waals surface area contributed by atoms with Crippen molar-refractivity contribution in [2.75, 3.05) is 19.0 Å². The van der Waals surface area contributed by atoms with E-state index in [1.54, 1.807) is 6.92 Å². The van der Waals surface area contributed by atoms with Crippen LogP contribution in [0.3, 0.4) is 0 Å². The van der Waals surface area contributed by atoms with Crippen LogP contribution < -0.4 is 4.90 Å². The zero-order valence-corrected chi connectivity index (χ0v) is 15.4. The van der Waals surface area contributed by atoms with E-state index in [2.05, 4.69) is 26.3 Å². The number of carbonyl (C=O) groups is 1. The third-order valence-electron chi connectivity index (χ3n) is 4.71. The molecule has 132 valence electrons. The number of hydrogen-bond donors (Lipinski definition) is 1. The molecule has 0 spiro atoms. The average Bonchev–Trinajstić information content (AvgIpc) is 3.22. The van der Waals surface area contributed by atoms with Crippen LogP contribution in [0.5, 0.6) is 0 Å². The number of rotatable bonds is 4. The summed E-state index contributed by atoms with van der Waals surface area (Å²) < 4.78 is 2.14. The van der Waals surface area contributed by atoms with Crippen molar-refractivity contribution >= 4 is 28.4 Å². The Labute approximate surface area is 151 Å². The first-order valence-electron chi connectivity index (χ1n) is 8.67. The van der Waals surface area contributed by atoms with Crippen molar-refractivity contribution in [2.24, 2.45) is 0 Å². The number of ketones is 1. The zero-order chi connectivity index (χ0) is 18.4. The van der Waals surface area contributed by atoms with E-state index >= 15 is 0 Å². The van der Waals surface area contributed by atoms with Gasteiger partial charge in [-0.3, -0.25) is 9.20 Å². The summed E-state index contributed by atoms with van der Waals surface area (Å²) in [5, 5.41) is 0. The molecule has 0 unspecified atom stereocenters. The van der Waals surface area contributed by atoms with E-state index in [0.29, 0.717) is 5.56 Å². The number of carbonyl (C=O) groups excluding carboxylic acids is 1. The smallest absolute Gasteiger partial charge is 0.210 e. The van der Waals surface area contributed by atoms with Crippen molar-refractivity contribution in [3.63, 3.8) is 0 Å². The molecule has 0 radical (unpaired) electrons. The van der Waals surface area contributed by atoms with Crippen molar-refractivity contribution in [2.45, 2.75) is 20.3 Å². The Morgan fingerprint density at radius 2 is 1.85 bits per heavy atom. The van der Waals surface area contributed by atoms with E-state index in [1.807, 2.05) is 55.7 Å². The minimum Gasteiger partial charge on any atom is -0.348 e. The summed E-state index contributed by atoms with van der Waals surface area (Å²) in [6.45, 7) is 3.72. The molecule has 6 heteroatoms. The van der Waals surface area contributed by atoms with Gasteiger partial charge in [0.1, 0.15) is 0 Å². The fourth-order valence-electron chi connectivity index (χ4n) is 3.43. The Morgan fingerprint density at radius 3 is 2.46 bits per heavy atom. The van der Waals surface area contributed by atoms with Crippen molar-refractivity contribution < 1.29 is 4.79 Å². The Morgan fingerprint density at radius 1 is 1.15 bits per heavy atom. The molecular weight excluding hydrogens is 326 g/mol. The van der Waals surface area contributed by atoms with Gasteiger partial charge in [-0.05, 0) is 18.9 Å². The molecule has 3 heterocycles. The number of anilines is 1. The van der Waals surface area contributed by atoms with Gasteiger partial charge in [-0.1, -0.05) is 31.2 Å². The number of aryl methyl sites for hydroxylation is 1. The first-order valence-corrected chi connectivity index (χ1v) is 8.67. The van der Waals surface area contributed by atoms with E-state index in [1.165, 1.54) is 5.56 Å². The van der Waals surface area contributed by atoms with Gasteiger partial charge < -0.3 is 9.88 Å². The number of aromatic amines is 1. The first-order chi connectivity index (χ1) is 12.5. The Hall–Kier alpha value is -3.15. The van der Waals surface area contributed by atoms with Gasteiger partial charge in [-0.15, -0.1) is 0 Å². The molecule has 4 aromatic rings. The van der Waals surface area contributed by atoms with Crippen molar-refractivity contribution in [3.05, 3.63) is 47.8 Å². The molecule has 0 amide bonds. The maximum absolute atomic E-state index is 11.5. The minimum absolute atomic E-state index is 0.0707. The highest BCUT2D eigenvalue weighted by molar-refractivity contribution is 5.95. The van der Waals surface area contributed by atoms with Crippen molar-refractivity contribution in [3.8, 4) is 11.3 Å². The van der Waals surface area contributed by atoms with Gasteiger partial charge >= 0.3 is 0 Å². The monoisotopic (exact) mass is 347 g/mol. The fraction of sp³-hybridized carbons (Fsp3) is 0.250. The molecular formula is C20H21N5O. The third-order valence-corrected chi connectivity index (χ3v) is 4.71. The average molecular weight is 347 g/mol. The van der Waals surface area contributed by atoms with Crippen molar-refractivity contribution in [1.82, 2.24) is 19.4 Å². The highest BCUT2D eigenvalue weighted by Crippen LogP contribution is 2.32. The lowest BCUT2D eigenvalue weighted by Crippen LogP contribution is -2.13. The lowest BCUT2D eigenvalue weighted by atomic mass is 10.0. The van der Waals surface area contributed by atoms with Gasteiger partial charge in [0.05, 0.1) is 29.1 Å². The van der Waals surface area contributed by atoms with Gasteiger partial charge in [0.25, 0.3) is 0 Å². The van der Waals surface area contributed by atoms with Crippen LogP contribution in [0, 0.1) is 0 Å². The van der Waals surface area contributed by atoms with Crippen LogP contribution in [0.2, 0.25) is 0 Å². The first kappa shape index (κ1) is 16.3. The molecule has 0 aliphatic rings. The molecule has 26 heavy (non-hydrogen) atoms. The zero-order valence-electron chi connectivity index (χ0n) is 15.4. The number of nitrogens with zero attached hydrogens (tertiary/aromatic N) is 4. The maximum Gasteiger partial charge on any atom is 0.210 e. The summed E-state index contributed by atoms with van der Waals surface area (Å²) in [4.78, 5) is 26.1. The molecule has 0 aliphatic heterocycles. The molecule has 0 saturated heterocycles. The van der Waals surface area contributed by atoms with E-state index < -0.39 is 0 Å². The molecule has 0 aliphatic carbocycles. The molecule has 6 nitrogen and oxygen atoms in total. The second kappa shape index (κ2) is 5.98. The van der Waals surface area contributed by atoms with Crippen LogP contribution in [0.15, 0.2) is 36.7 Å². The number of H-pyrrole nitrogens is 1. The van der Waals surface area contributed by atoms with E-state index in [0.717, 1.165) is 40.3 Å². The van der Waals surface area contributed by atoms with Crippen LogP contribution in [-0.2, 0) is 6.42 Å². The summed E-state index contributed by atoms with van der Waals surface area (Å²) in [7, 11) is 3.97. The maximum atomic E-state index is 11.5. The normalized spacial score (nSPS) is 11.4. The highest BCUT2D eigenvalue weighted by Gasteiger charge is 2.18. The quantitative estimate of drug-likeness (QED) is 0.572. The van der Waals surface area contributed by atoms with Gasteiger partial charge in [0.2, 0.25) is 5.95 Å². The number of nitrogens with one attached hydrogen (secondary N) is 1. The summed E-state index contributed by atoms with van der Waals surface area (Å²) in [6, 6.07) is 7.71. The highest BCUT2D eigenvalue weighted by atomic mass is 16.1. The predicted molar refractivity (Wildman–Crippen MR) is 104 cm³/mol. The molecule has 1 aromatic carbocycles. The van der Waals surface area contributed by atoms with E-state index in [4.69, 9.17) is 0 Å². The summed E-state index contributed by atoms with van der Waals surface area (Å²) in [6.07, 6.45) is 4.53. The molecule has 3 aromatic heterocycles. The number of fused-ring (bicyclic) bond motifs is 3. The molecule has 0 saturated carbocycles. The summed E-state index contributed by atoms with van der Waals surface area (Å²) >= 11 is 0. The Balaban J connectivity index is 2.00. The predicted octanol–water partition coefficient (Wildman–Crippen LogP) is 3.71. The SMILES string of the molecule is CCc1c(-c2ccc(C(C)=O)cc2)[nH]c2ncc3cnc(N(C)C)n3c12. The van der Waals surface area contributed by atoms with Gasteiger partial charge in [0, 0.05) is 25.2 Å². The third kappa shape index (κ3) is 2.37. The molecule has 0 atom stereocenters. The van der Waals surface area contributed by atoms with Crippen LogP contribution in [-0.4, -0.2) is 39.2 Å². The minimum atomic E-state index is 0.0707. The lowest BCUT2D eigenvalue weighted by Gasteiger charge is -2.12. The van der Waals surface area contributed by atoms with Gasteiger partial charge in [-0.25, -0.2) is 9.97 Å². The topological polar surface area (TPSA) is 66.3 Å². The molecule has 4 rings (SSSR count). The van der Waals surface area contributed by atoms with Crippen LogP contribution in [0.25, 0.3) is 27.9 Å². The second-order valence-corrected chi connectivity index (χ2v) is 6.63. The molecule has 1 N–H and O–H groups in total. The van der Waals surface area contributed by atoms with Crippen LogP contribution >= 0.6 is 0 Å². The van der Waals surface area contributed by atoms with E-state index in [-0.39, 0.29) is 5.78 Å². The van der Waals surface area contributed by atoms with Crippen LogP contribution in [0.4, 0.5) is 5.95 Å².